The average Bonchev–Trinajstić information content (AvgIpc) is 2.32. The zero-order valence-electron chi connectivity index (χ0n) is 6.84. The molecule has 0 spiro atoms. The summed E-state index contributed by atoms with van der Waals surface area (Å²) in [7, 11) is 0. The molecule has 2 nitrogen and oxygen atoms in total. The maximum absolute atomic E-state index is 10.7. The molecule has 0 aromatic heterocycles. The van der Waals surface area contributed by atoms with E-state index in [0.717, 1.165) is 3.39 Å². The third kappa shape index (κ3) is 1.74. The molecule has 1 unspecified atom stereocenters. The molecule has 0 amide bonds. The third-order valence-corrected chi connectivity index (χ3v) is 3.01. The third-order valence-electron chi connectivity index (χ3n) is 2.48. The molecule has 0 heterocycles. The Bertz CT molecular complexity index is 241. The van der Waals surface area contributed by atoms with Crippen molar-refractivity contribution in [2.45, 2.75) is 13.8 Å². The Morgan fingerprint density at radius 1 is 1.50 bits per heavy atom. The van der Waals surface area contributed by atoms with Crippen molar-refractivity contribution in [2.24, 2.45) is 17.3 Å². The van der Waals surface area contributed by atoms with Gasteiger partial charge in [0.15, 0.2) is 0 Å². The molecule has 1 fully saturated rings. The number of rotatable bonds is 2. The number of carboxylic acids is 1. The highest BCUT2D eigenvalue weighted by Crippen LogP contribution is 2.59. The molecule has 1 aliphatic rings. The lowest BCUT2D eigenvalue weighted by Crippen LogP contribution is -2.02. The van der Waals surface area contributed by atoms with E-state index in [2.05, 4.69) is 31.9 Å². The Labute approximate surface area is 88.3 Å². The van der Waals surface area contributed by atoms with Gasteiger partial charge >= 0.3 is 5.97 Å². The molecule has 68 valence electrons. The zero-order valence-corrected chi connectivity index (χ0v) is 10.0. The van der Waals surface area contributed by atoms with Gasteiger partial charge in [-0.2, -0.15) is 0 Å². The lowest BCUT2D eigenvalue weighted by atomic mass is 10.1. The summed E-state index contributed by atoms with van der Waals surface area (Å²) in [5, 5.41) is 8.81. The summed E-state index contributed by atoms with van der Waals surface area (Å²) in [6.07, 6.45) is 1.90. The molecule has 1 aliphatic carbocycles. The van der Waals surface area contributed by atoms with E-state index in [1.807, 2.05) is 19.9 Å². The van der Waals surface area contributed by atoms with Gasteiger partial charge in [-0.1, -0.05) is 19.9 Å². The SMILES string of the molecule is CC1(C)C(C=C(Br)Br)[C@@H]1C(=O)O. The normalized spacial score (nSPS) is 31.0. The van der Waals surface area contributed by atoms with Crippen molar-refractivity contribution in [1.29, 1.82) is 0 Å². The Kier molecular flexibility index (Phi) is 2.69. The molecule has 0 saturated heterocycles. The van der Waals surface area contributed by atoms with Gasteiger partial charge in [-0.25, -0.2) is 0 Å². The predicted molar refractivity (Wildman–Crippen MR) is 54.3 cm³/mol. The molecule has 0 aliphatic heterocycles. The maximum atomic E-state index is 10.7. The van der Waals surface area contributed by atoms with Gasteiger partial charge in [0.2, 0.25) is 0 Å². The van der Waals surface area contributed by atoms with Gasteiger partial charge in [0.05, 0.1) is 9.31 Å². The zero-order chi connectivity index (χ0) is 9.52. The van der Waals surface area contributed by atoms with Crippen LogP contribution in [-0.4, -0.2) is 11.1 Å². The van der Waals surface area contributed by atoms with Crippen LogP contribution in [0.4, 0.5) is 0 Å². The van der Waals surface area contributed by atoms with Crippen LogP contribution in [0.1, 0.15) is 13.8 Å². The molecule has 0 bridgehead atoms. The van der Waals surface area contributed by atoms with Crippen LogP contribution in [0.2, 0.25) is 0 Å². The van der Waals surface area contributed by atoms with E-state index in [-0.39, 0.29) is 17.3 Å². The molecular formula is C8H10Br2O2. The second-order valence-corrected chi connectivity index (χ2v) is 6.39. The number of carbonyl (C=O) groups is 1. The van der Waals surface area contributed by atoms with Crippen LogP contribution in [-0.2, 0) is 4.79 Å². The number of carboxylic acid groups (broad SMARTS) is 1. The fourth-order valence-electron chi connectivity index (χ4n) is 1.60. The first-order valence-corrected chi connectivity index (χ1v) is 5.21. The first-order chi connectivity index (χ1) is 5.37. The fourth-order valence-corrected chi connectivity index (χ4v) is 2.17. The van der Waals surface area contributed by atoms with Crippen LogP contribution in [0.25, 0.3) is 0 Å². The molecule has 4 heteroatoms. The second-order valence-electron chi connectivity index (χ2n) is 3.62. The van der Waals surface area contributed by atoms with E-state index >= 15 is 0 Å². The first kappa shape index (κ1) is 10.3. The Balaban J connectivity index is 2.73. The van der Waals surface area contributed by atoms with Crippen molar-refractivity contribution < 1.29 is 9.90 Å². The molecule has 0 radical (unpaired) electrons. The Morgan fingerprint density at radius 2 is 2.00 bits per heavy atom. The largest absolute Gasteiger partial charge is 0.481 e. The van der Waals surface area contributed by atoms with Crippen molar-refractivity contribution in [3.05, 3.63) is 9.47 Å². The Morgan fingerprint density at radius 3 is 2.25 bits per heavy atom. The molecular weight excluding hydrogens is 288 g/mol. The maximum Gasteiger partial charge on any atom is 0.307 e. The summed E-state index contributed by atoms with van der Waals surface area (Å²) in [4.78, 5) is 10.7. The smallest absolute Gasteiger partial charge is 0.307 e. The van der Waals surface area contributed by atoms with Crippen molar-refractivity contribution in [3.8, 4) is 0 Å². The number of allylic oxidation sites excluding steroid dienone is 1. The summed E-state index contributed by atoms with van der Waals surface area (Å²) >= 11 is 6.46. The van der Waals surface area contributed by atoms with Crippen LogP contribution in [0.15, 0.2) is 9.47 Å². The van der Waals surface area contributed by atoms with E-state index in [0.29, 0.717) is 0 Å². The molecule has 1 saturated carbocycles. The molecule has 1 N–H and O–H groups in total. The fraction of sp³-hybridized carbons (Fsp3) is 0.625. The molecule has 1 rings (SSSR count). The van der Waals surface area contributed by atoms with Crippen LogP contribution >= 0.6 is 31.9 Å². The van der Waals surface area contributed by atoms with Gasteiger partial charge in [-0.15, -0.1) is 0 Å². The topological polar surface area (TPSA) is 37.3 Å². The molecule has 12 heavy (non-hydrogen) atoms. The average molecular weight is 298 g/mol. The highest BCUT2D eigenvalue weighted by molar-refractivity contribution is 9.28. The quantitative estimate of drug-likeness (QED) is 0.851. The monoisotopic (exact) mass is 296 g/mol. The summed E-state index contributed by atoms with van der Waals surface area (Å²) in [6, 6.07) is 0. The standard InChI is InChI=1S/C8H10Br2O2/c1-8(2)4(3-5(9)10)6(8)7(11)12/h3-4,6H,1-2H3,(H,11,12)/t4?,6-/m1/s1. The number of hydrogen-bond acceptors (Lipinski definition) is 1. The van der Waals surface area contributed by atoms with E-state index in [4.69, 9.17) is 5.11 Å². The molecule has 0 aromatic rings. The van der Waals surface area contributed by atoms with Gasteiger partial charge in [0.1, 0.15) is 0 Å². The van der Waals surface area contributed by atoms with Gasteiger partial charge < -0.3 is 5.11 Å². The van der Waals surface area contributed by atoms with E-state index < -0.39 is 5.97 Å². The van der Waals surface area contributed by atoms with Crippen molar-refractivity contribution in [3.63, 3.8) is 0 Å². The lowest BCUT2D eigenvalue weighted by molar-refractivity contribution is -0.139. The number of halogens is 2. The summed E-state index contributed by atoms with van der Waals surface area (Å²) in [6.45, 7) is 3.94. The van der Waals surface area contributed by atoms with Crippen LogP contribution < -0.4 is 0 Å². The highest BCUT2D eigenvalue weighted by Gasteiger charge is 2.60. The van der Waals surface area contributed by atoms with Crippen LogP contribution in [0.5, 0.6) is 0 Å². The minimum absolute atomic E-state index is 0.0986. The van der Waals surface area contributed by atoms with Gasteiger partial charge in [-0.05, 0) is 43.2 Å². The van der Waals surface area contributed by atoms with Crippen molar-refractivity contribution in [2.75, 3.05) is 0 Å². The van der Waals surface area contributed by atoms with Crippen LogP contribution in [0, 0.1) is 17.3 Å². The lowest BCUT2D eigenvalue weighted by Gasteiger charge is -1.96. The van der Waals surface area contributed by atoms with Gasteiger partial charge in [0, 0.05) is 0 Å². The van der Waals surface area contributed by atoms with E-state index in [9.17, 15) is 4.79 Å². The highest BCUT2D eigenvalue weighted by atomic mass is 79.9. The number of hydrogen-bond donors (Lipinski definition) is 1. The Hall–Kier alpha value is 0.170. The van der Waals surface area contributed by atoms with Crippen molar-refractivity contribution in [1.82, 2.24) is 0 Å². The molecule has 2 atom stereocenters. The second kappa shape index (κ2) is 3.14. The summed E-state index contributed by atoms with van der Waals surface area (Å²) in [5.74, 6) is -0.797. The van der Waals surface area contributed by atoms with Crippen molar-refractivity contribution >= 4 is 37.8 Å². The van der Waals surface area contributed by atoms with Gasteiger partial charge in [0.25, 0.3) is 0 Å². The van der Waals surface area contributed by atoms with E-state index in [1.165, 1.54) is 0 Å². The first-order valence-electron chi connectivity index (χ1n) is 3.63. The predicted octanol–water partition coefficient (Wildman–Crippen LogP) is 2.97. The summed E-state index contributed by atoms with van der Waals surface area (Å²) < 4.78 is 0.830. The van der Waals surface area contributed by atoms with Gasteiger partial charge in [-0.3, -0.25) is 4.79 Å². The van der Waals surface area contributed by atoms with Crippen LogP contribution in [0.3, 0.4) is 0 Å². The molecule has 0 aromatic carbocycles. The summed E-state index contributed by atoms with van der Waals surface area (Å²) in [5.41, 5.74) is -0.0986. The minimum Gasteiger partial charge on any atom is -0.481 e. The van der Waals surface area contributed by atoms with E-state index in [1.54, 1.807) is 0 Å². The number of aliphatic carboxylic acids is 1. The minimum atomic E-state index is -0.706.